The van der Waals surface area contributed by atoms with Crippen LogP contribution >= 0.6 is 0 Å². The number of hydrogen-bond donors (Lipinski definition) is 0. The van der Waals surface area contributed by atoms with Crippen molar-refractivity contribution >= 4 is 17.7 Å². The fraction of sp³-hybridized carbons (Fsp3) is 0.455. The number of benzene rings is 1. The van der Waals surface area contributed by atoms with Crippen molar-refractivity contribution in [3.63, 3.8) is 0 Å². The summed E-state index contributed by atoms with van der Waals surface area (Å²) in [6.45, 7) is 1.97. The number of methoxy groups -OCH3 is 1. The van der Waals surface area contributed by atoms with Gasteiger partial charge in [-0.2, -0.15) is 5.10 Å². The first-order valence-corrected chi connectivity index (χ1v) is 10.4. The molecule has 0 aliphatic carbocycles. The minimum atomic E-state index is -0.683. The van der Waals surface area contributed by atoms with Crippen LogP contribution < -0.4 is 0 Å². The highest BCUT2D eigenvalue weighted by Gasteiger charge is 2.48. The molecule has 2 saturated heterocycles. The average molecular weight is 425 g/mol. The Morgan fingerprint density at radius 3 is 2.58 bits per heavy atom. The summed E-state index contributed by atoms with van der Waals surface area (Å²) >= 11 is 0. The summed E-state index contributed by atoms with van der Waals surface area (Å²) < 4.78 is 6.65. The molecule has 2 atom stereocenters. The molecule has 9 heteroatoms. The molecule has 0 radical (unpaired) electrons. The van der Waals surface area contributed by atoms with Crippen LogP contribution in [0.15, 0.2) is 42.6 Å². The maximum Gasteiger partial charge on any atom is 0.275 e. The molecule has 2 aliphatic heterocycles. The first-order chi connectivity index (χ1) is 15.0. The number of amides is 3. The van der Waals surface area contributed by atoms with E-state index >= 15 is 0 Å². The molecule has 2 fully saturated rings. The Balaban J connectivity index is 1.63. The third-order valence-corrected chi connectivity index (χ3v) is 5.93. The number of aryl methyl sites for hydroxylation is 1. The second-order valence-electron chi connectivity index (χ2n) is 7.90. The fourth-order valence-electron chi connectivity index (χ4n) is 4.28. The molecule has 2 aliphatic rings. The van der Waals surface area contributed by atoms with Gasteiger partial charge in [0.25, 0.3) is 5.91 Å². The second kappa shape index (κ2) is 8.89. The van der Waals surface area contributed by atoms with E-state index in [9.17, 15) is 14.4 Å². The van der Waals surface area contributed by atoms with Gasteiger partial charge in [0.2, 0.25) is 11.8 Å². The molecule has 31 heavy (non-hydrogen) atoms. The minimum Gasteiger partial charge on any atom is -0.383 e. The molecule has 2 aromatic rings. The van der Waals surface area contributed by atoms with Crippen LogP contribution in [0.3, 0.4) is 0 Å². The van der Waals surface area contributed by atoms with E-state index in [0.29, 0.717) is 32.7 Å². The van der Waals surface area contributed by atoms with Crippen LogP contribution in [-0.4, -0.2) is 94.2 Å². The maximum absolute atomic E-state index is 13.5. The highest BCUT2D eigenvalue weighted by molar-refractivity contribution is 6.00. The monoisotopic (exact) mass is 425 g/mol. The topological polar surface area (TPSA) is 88.0 Å². The lowest BCUT2D eigenvalue weighted by molar-refractivity contribution is -0.160. The van der Waals surface area contributed by atoms with E-state index in [0.717, 1.165) is 5.56 Å². The van der Waals surface area contributed by atoms with Gasteiger partial charge in [-0.05, 0) is 11.6 Å². The lowest BCUT2D eigenvalue weighted by Gasteiger charge is -2.49. The van der Waals surface area contributed by atoms with Gasteiger partial charge in [0, 0.05) is 46.4 Å². The van der Waals surface area contributed by atoms with Crippen LogP contribution in [-0.2, 0) is 27.8 Å². The summed E-state index contributed by atoms with van der Waals surface area (Å²) in [4.78, 5) is 44.8. The number of piperazine rings is 2. The number of nitrogens with zero attached hydrogens (tertiary/aromatic N) is 5. The van der Waals surface area contributed by atoms with E-state index in [4.69, 9.17) is 4.74 Å². The molecule has 3 heterocycles. The standard InChI is InChI=1S/C22H27N5O4/c1-24-9-8-17(23-24)20(28)27-15-19-21(29)25(12-13-31-2)10-11-26(19)22(30)18(27)14-16-6-4-3-5-7-16/h3-9,18-19H,10-15H2,1-2H3/t18-,19-/m0/s1. The van der Waals surface area contributed by atoms with Crippen LogP contribution in [0.25, 0.3) is 0 Å². The van der Waals surface area contributed by atoms with Crippen molar-refractivity contribution in [2.24, 2.45) is 7.05 Å². The quantitative estimate of drug-likeness (QED) is 0.659. The summed E-state index contributed by atoms with van der Waals surface area (Å²) in [5, 5.41) is 4.22. The average Bonchev–Trinajstić information content (AvgIpc) is 3.22. The minimum absolute atomic E-state index is 0.145. The van der Waals surface area contributed by atoms with E-state index in [1.807, 2.05) is 30.3 Å². The number of ether oxygens (including phenoxy) is 1. The van der Waals surface area contributed by atoms with Crippen molar-refractivity contribution in [3.8, 4) is 0 Å². The molecular weight excluding hydrogens is 398 g/mol. The molecule has 0 spiro atoms. The Labute approximate surface area is 181 Å². The van der Waals surface area contributed by atoms with Gasteiger partial charge in [0.1, 0.15) is 17.8 Å². The van der Waals surface area contributed by atoms with Gasteiger partial charge in [-0.1, -0.05) is 30.3 Å². The zero-order valence-corrected chi connectivity index (χ0v) is 17.8. The van der Waals surface area contributed by atoms with Gasteiger partial charge in [-0.15, -0.1) is 0 Å². The zero-order chi connectivity index (χ0) is 22.0. The summed E-state index contributed by atoms with van der Waals surface area (Å²) in [5.41, 5.74) is 1.23. The molecule has 0 unspecified atom stereocenters. The Bertz CT molecular complexity index is 960. The summed E-state index contributed by atoms with van der Waals surface area (Å²) in [6, 6.07) is 9.89. The van der Waals surface area contributed by atoms with Crippen LogP contribution in [0.4, 0.5) is 0 Å². The van der Waals surface area contributed by atoms with Gasteiger partial charge in [0.15, 0.2) is 0 Å². The van der Waals surface area contributed by atoms with Crippen LogP contribution in [0.2, 0.25) is 0 Å². The van der Waals surface area contributed by atoms with E-state index in [1.165, 1.54) is 4.90 Å². The van der Waals surface area contributed by atoms with Crippen LogP contribution in [0, 0.1) is 0 Å². The lowest BCUT2D eigenvalue weighted by atomic mass is 9.96. The summed E-state index contributed by atoms with van der Waals surface area (Å²) in [6.07, 6.45) is 2.08. The predicted octanol–water partition coefficient (Wildman–Crippen LogP) is 0.173. The van der Waals surface area contributed by atoms with Gasteiger partial charge in [-0.25, -0.2) is 0 Å². The normalized spacial score (nSPS) is 21.4. The Hall–Kier alpha value is -3.20. The third-order valence-electron chi connectivity index (χ3n) is 5.93. The molecule has 164 valence electrons. The number of aromatic nitrogens is 2. The zero-order valence-electron chi connectivity index (χ0n) is 17.8. The highest BCUT2D eigenvalue weighted by Crippen LogP contribution is 2.25. The maximum atomic E-state index is 13.5. The van der Waals surface area contributed by atoms with Crippen molar-refractivity contribution in [2.75, 3.05) is 39.9 Å². The van der Waals surface area contributed by atoms with E-state index in [-0.39, 0.29) is 30.0 Å². The summed E-state index contributed by atoms with van der Waals surface area (Å²) in [7, 11) is 3.33. The van der Waals surface area contributed by atoms with E-state index in [2.05, 4.69) is 5.10 Å². The third kappa shape index (κ3) is 4.18. The number of fused-ring (bicyclic) bond motifs is 1. The molecule has 1 aromatic carbocycles. The van der Waals surface area contributed by atoms with Gasteiger partial charge < -0.3 is 19.4 Å². The number of hydrogen-bond acceptors (Lipinski definition) is 5. The number of carbonyl (C=O) groups excluding carboxylic acids is 3. The van der Waals surface area contributed by atoms with Crippen molar-refractivity contribution in [1.82, 2.24) is 24.5 Å². The van der Waals surface area contributed by atoms with Gasteiger partial charge in [-0.3, -0.25) is 19.1 Å². The smallest absolute Gasteiger partial charge is 0.275 e. The van der Waals surface area contributed by atoms with Gasteiger partial charge in [0.05, 0.1) is 13.2 Å². The molecule has 0 saturated carbocycles. The Morgan fingerprint density at radius 2 is 1.90 bits per heavy atom. The van der Waals surface area contributed by atoms with Gasteiger partial charge >= 0.3 is 0 Å². The molecule has 4 rings (SSSR count). The Morgan fingerprint density at radius 1 is 1.13 bits per heavy atom. The van der Waals surface area contributed by atoms with Crippen LogP contribution in [0.5, 0.6) is 0 Å². The molecule has 1 aromatic heterocycles. The SMILES string of the molecule is COCCN1CCN2C(=O)[C@H](Cc3ccccc3)N(C(=O)c3ccn(C)n3)C[C@H]2C1=O. The van der Waals surface area contributed by atoms with Crippen molar-refractivity contribution < 1.29 is 19.1 Å². The lowest BCUT2D eigenvalue weighted by Crippen LogP contribution is -2.70. The largest absolute Gasteiger partial charge is 0.383 e. The molecule has 3 amide bonds. The first kappa shape index (κ1) is 21.0. The Kier molecular flexibility index (Phi) is 6.03. The summed E-state index contributed by atoms with van der Waals surface area (Å²) in [5.74, 6) is -0.672. The predicted molar refractivity (Wildman–Crippen MR) is 112 cm³/mol. The van der Waals surface area contributed by atoms with Crippen LogP contribution in [0.1, 0.15) is 16.1 Å². The van der Waals surface area contributed by atoms with Crippen molar-refractivity contribution in [1.29, 1.82) is 0 Å². The van der Waals surface area contributed by atoms with E-state index < -0.39 is 12.1 Å². The van der Waals surface area contributed by atoms with E-state index in [1.54, 1.807) is 40.9 Å². The fourth-order valence-corrected chi connectivity index (χ4v) is 4.28. The first-order valence-electron chi connectivity index (χ1n) is 10.4. The van der Waals surface area contributed by atoms with Crippen molar-refractivity contribution in [3.05, 3.63) is 53.9 Å². The molecular formula is C22H27N5O4. The number of carbonyl (C=O) groups is 3. The highest BCUT2D eigenvalue weighted by atomic mass is 16.5. The second-order valence-corrected chi connectivity index (χ2v) is 7.90. The molecule has 9 nitrogen and oxygen atoms in total. The molecule has 0 bridgehead atoms. The number of rotatable bonds is 6. The molecule has 0 N–H and O–H groups in total. The van der Waals surface area contributed by atoms with Crippen molar-refractivity contribution in [2.45, 2.75) is 18.5 Å².